The summed E-state index contributed by atoms with van der Waals surface area (Å²) in [6.45, 7) is 4.10. The van der Waals surface area contributed by atoms with Crippen LogP contribution in [0.3, 0.4) is 0 Å². The first kappa shape index (κ1) is 23.5. The Morgan fingerprint density at radius 3 is 2.21 bits per heavy atom. The summed E-state index contributed by atoms with van der Waals surface area (Å²) in [4.78, 5) is 13.7. The van der Waals surface area contributed by atoms with Gasteiger partial charge in [-0.3, -0.25) is 9.48 Å². The van der Waals surface area contributed by atoms with Gasteiger partial charge in [-0.2, -0.15) is 5.10 Å². The predicted molar refractivity (Wildman–Crippen MR) is 136 cm³/mol. The average molecular weight is 492 g/mol. The minimum atomic E-state index is -3.35. The normalized spacial score (nSPS) is 11.2. The Labute approximate surface area is 203 Å². The number of hydrogen-bond acceptors (Lipinski definition) is 4. The minimum absolute atomic E-state index is 0.205. The molecule has 3 aromatic carbocycles. The third-order valence-corrected chi connectivity index (χ3v) is 6.57. The minimum Gasteiger partial charge on any atom is -0.321 e. The number of aromatic nitrogens is 2. The highest BCUT2D eigenvalue weighted by atomic mass is 35.5. The van der Waals surface area contributed by atoms with Crippen molar-refractivity contribution in [3.63, 3.8) is 0 Å². The van der Waals surface area contributed by atoms with E-state index in [2.05, 4.69) is 11.9 Å². The van der Waals surface area contributed by atoms with Crippen LogP contribution in [0.25, 0.3) is 22.4 Å². The van der Waals surface area contributed by atoms with Gasteiger partial charge in [0, 0.05) is 28.1 Å². The van der Waals surface area contributed by atoms with E-state index >= 15 is 0 Å². The Kier molecular flexibility index (Phi) is 6.68. The lowest BCUT2D eigenvalue weighted by Gasteiger charge is -2.10. The number of nitrogens with one attached hydrogen (secondary N) is 1. The van der Waals surface area contributed by atoms with E-state index < -0.39 is 9.84 Å². The number of amides is 1. The number of halogens is 1. The highest BCUT2D eigenvalue weighted by Gasteiger charge is 2.26. The highest BCUT2D eigenvalue weighted by Crippen LogP contribution is 2.36. The quantitative estimate of drug-likeness (QED) is 0.335. The molecule has 0 radical (unpaired) electrons. The average Bonchev–Trinajstić information content (AvgIpc) is 3.19. The van der Waals surface area contributed by atoms with Crippen LogP contribution in [-0.2, 0) is 16.4 Å². The maximum Gasteiger partial charge on any atom is 0.274 e. The predicted octanol–water partition coefficient (Wildman–Crippen LogP) is 5.71. The monoisotopic (exact) mass is 491 g/mol. The number of rotatable bonds is 7. The molecule has 0 saturated carbocycles. The number of sulfone groups is 1. The lowest BCUT2D eigenvalue weighted by Crippen LogP contribution is -2.18. The van der Waals surface area contributed by atoms with Crippen LogP contribution in [0, 0.1) is 0 Å². The zero-order valence-electron chi connectivity index (χ0n) is 18.4. The molecule has 0 atom stereocenters. The molecule has 0 fully saturated rings. The summed E-state index contributed by atoms with van der Waals surface area (Å²) in [5.74, 6) is -0.329. The van der Waals surface area contributed by atoms with Crippen molar-refractivity contribution in [2.24, 2.45) is 0 Å². The van der Waals surface area contributed by atoms with E-state index in [4.69, 9.17) is 16.7 Å². The Hall–Kier alpha value is -3.68. The number of allylic oxidation sites excluding steroid dienone is 1. The zero-order valence-corrected chi connectivity index (χ0v) is 20.0. The molecule has 0 spiro atoms. The molecule has 0 saturated heterocycles. The summed E-state index contributed by atoms with van der Waals surface area (Å²) < 4.78 is 25.4. The summed E-state index contributed by atoms with van der Waals surface area (Å²) in [5, 5.41) is 8.22. The van der Waals surface area contributed by atoms with Crippen molar-refractivity contribution < 1.29 is 13.2 Å². The van der Waals surface area contributed by atoms with Crippen LogP contribution in [0.1, 0.15) is 10.5 Å². The zero-order chi connectivity index (χ0) is 24.3. The summed E-state index contributed by atoms with van der Waals surface area (Å²) in [6.07, 6.45) is 2.82. The van der Waals surface area contributed by atoms with Crippen molar-refractivity contribution in [1.29, 1.82) is 0 Å². The standard InChI is InChI=1S/C26H22ClN3O3S/c1-3-17-30-25(26(31)28-21-7-5-4-6-8-21)23(18-9-13-20(27)14-10-18)24(29-30)19-11-15-22(16-12-19)34(2,32)33/h3-16H,1,17H2,2H3,(H,28,31). The second kappa shape index (κ2) is 9.67. The van der Waals surface area contributed by atoms with Crippen molar-refractivity contribution in [3.05, 3.63) is 102 Å². The van der Waals surface area contributed by atoms with E-state index in [0.717, 1.165) is 11.8 Å². The number of nitrogens with zero attached hydrogens (tertiary/aromatic N) is 2. The smallest absolute Gasteiger partial charge is 0.274 e. The van der Waals surface area contributed by atoms with Gasteiger partial charge in [-0.15, -0.1) is 6.58 Å². The third kappa shape index (κ3) is 4.95. The molecule has 0 aliphatic rings. The molecule has 1 amide bonds. The molecule has 0 aliphatic carbocycles. The lowest BCUT2D eigenvalue weighted by molar-refractivity contribution is 0.101. The molecule has 172 valence electrons. The van der Waals surface area contributed by atoms with Gasteiger partial charge in [0.25, 0.3) is 5.91 Å². The second-order valence-electron chi connectivity index (χ2n) is 7.67. The Balaban J connectivity index is 1.92. The van der Waals surface area contributed by atoms with Gasteiger partial charge in [0.2, 0.25) is 0 Å². The fourth-order valence-electron chi connectivity index (χ4n) is 3.61. The summed E-state index contributed by atoms with van der Waals surface area (Å²) in [6, 6.07) is 22.7. The van der Waals surface area contributed by atoms with Gasteiger partial charge < -0.3 is 5.32 Å². The molecule has 1 N–H and O–H groups in total. The highest BCUT2D eigenvalue weighted by molar-refractivity contribution is 7.90. The molecular weight excluding hydrogens is 470 g/mol. The largest absolute Gasteiger partial charge is 0.321 e. The summed E-state index contributed by atoms with van der Waals surface area (Å²) in [7, 11) is -3.35. The number of para-hydroxylation sites is 1. The number of hydrogen-bond donors (Lipinski definition) is 1. The molecule has 4 rings (SSSR count). The maximum atomic E-state index is 13.5. The molecule has 1 aromatic heterocycles. The van der Waals surface area contributed by atoms with Crippen LogP contribution in [0.15, 0.2) is 96.4 Å². The number of anilines is 1. The third-order valence-electron chi connectivity index (χ3n) is 5.19. The van der Waals surface area contributed by atoms with Gasteiger partial charge in [0.15, 0.2) is 9.84 Å². The van der Waals surface area contributed by atoms with Crippen molar-refractivity contribution in [2.45, 2.75) is 11.4 Å². The van der Waals surface area contributed by atoms with Crippen molar-refractivity contribution in [2.75, 3.05) is 11.6 Å². The van der Waals surface area contributed by atoms with E-state index in [1.54, 1.807) is 47.2 Å². The van der Waals surface area contributed by atoms with Gasteiger partial charge >= 0.3 is 0 Å². The Morgan fingerprint density at radius 1 is 1.00 bits per heavy atom. The first-order valence-corrected chi connectivity index (χ1v) is 12.7. The van der Waals surface area contributed by atoms with Crippen LogP contribution in [0.4, 0.5) is 5.69 Å². The molecule has 0 bridgehead atoms. The molecular formula is C26H22ClN3O3S. The van der Waals surface area contributed by atoms with Gasteiger partial charge in [-0.1, -0.05) is 60.1 Å². The van der Waals surface area contributed by atoms with Crippen LogP contribution in [-0.4, -0.2) is 30.4 Å². The molecule has 0 unspecified atom stereocenters. The summed E-state index contributed by atoms with van der Waals surface area (Å²) >= 11 is 6.11. The number of carbonyl (C=O) groups is 1. The van der Waals surface area contributed by atoms with Crippen LogP contribution >= 0.6 is 11.6 Å². The Morgan fingerprint density at radius 2 is 1.62 bits per heavy atom. The second-order valence-corrected chi connectivity index (χ2v) is 10.1. The van der Waals surface area contributed by atoms with E-state index in [1.165, 1.54) is 12.1 Å². The van der Waals surface area contributed by atoms with Crippen LogP contribution < -0.4 is 5.32 Å². The molecule has 4 aromatic rings. The molecule has 6 nitrogen and oxygen atoms in total. The molecule has 34 heavy (non-hydrogen) atoms. The first-order valence-electron chi connectivity index (χ1n) is 10.4. The van der Waals surface area contributed by atoms with E-state index in [9.17, 15) is 13.2 Å². The van der Waals surface area contributed by atoms with Crippen LogP contribution in [0.2, 0.25) is 5.02 Å². The number of carbonyl (C=O) groups excluding carboxylic acids is 1. The lowest BCUT2D eigenvalue weighted by atomic mass is 9.98. The van der Waals surface area contributed by atoms with Crippen molar-refractivity contribution in [3.8, 4) is 22.4 Å². The van der Waals surface area contributed by atoms with E-state index in [0.29, 0.717) is 39.8 Å². The van der Waals surface area contributed by atoms with E-state index in [1.807, 2.05) is 30.3 Å². The topological polar surface area (TPSA) is 81.1 Å². The van der Waals surface area contributed by atoms with Gasteiger partial charge in [-0.05, 0) is 42.0 Å². The van der Waals surface area contributed by atoms with Gasteiger partial charge in [0.05, 0.1) is 11.4 Å². The fraction of sp³-hybridized carbons (Fsp3) is 0.0769. The van der Waals surface area contributed by atoms with Gasteiger partial charge in [-0.25, -0.2) is 8.42 Å². The maximum absolute atomic E-state index is 13.5. The van der Waals surface area contributed by atoms with Gasteiger partial charge in [0.1, 0.15) is 11.4 Å². The first-order chi connectivity index (χ1) is 16.3. The van der Waals surface area contributed by atoms with E-state index in [-0.39, 0.29) is 10.8 Å². The molecule has 8 heteroatoms. The van der Waals surface area contributed by atoms with Crippen molar-refractivity contribution >= 4 is 33.0 Å². The molecule has 1 heterocycles. The number of benzene rings is 3. The SMILES string of the molecule is C=CCn1nc(-c2ccc(S(C)(=O)=O)cc2)c(-c2ccc(Cl)cc2)c1C(=O)Nc1ccccc1. The summed E-state index contributed by atoms with van der Waals surface area (Å²) in [5.41, 5.74) is 3.59. The molecule has 0 aliphatic heterocycles. The van der Waals surface area contributed by atoms with Crippen LogP contribution in [0.5, 0.6) is 0 Å². The van der Waals surface area contributed by atoms with Crippen molar-refractivity contribution in [1.82, 2.24) is 9.78 Å². The Bertz CT molecular complexity index is 1440. The fourth-order valence-corrected chi connectivity index (χ4v) is 4.37.